The Bertz CT molecular complexity index is 559. The van der Waals surface area contributed by atoms with Gasteiger partial charge in [0.1, 0.15) is 11.3 Å². The molecule has 0 aliphatic heterocycles. The van der Waals surface area contributed by atoms with E-state index in [1.165, 1.54) is 35.9 Å². The van der Waals surface area contributed by atoms with Gasteiger partial charge in [-0.2, -0.15) is 0 Å². The second-order valence-electron chi connectivity index (χ2n) is 6.04. The fraction of sp³-hybridized carbons (Fsp3) is 0.579. The number of rotatable bonds is 11. The molecule has 0 unspecified atom stereocenters. The van der Waals surface area contributed by atoms with Crippen molar-refractivity contribution in [2.45, 2.75) is 58.8 Å². The average molecular weight is 351 g/mol. The van der Waals surface area contributed by atoms with Gasteiger partial charge in [-0.3, -0.25) is 4.90 Å². The fourth-order valence-corrected chi connectivity index (χ4v) is 2.45. The third-order valence-corrected chi connectivity index (χ3v) is 3.95. The third kappa shape index (κ3) is 7.03. The van der Waals surface area contributed by atoms with Gasteiger partial charge in [-0.1, -0.05) is 46.0 Å². The molecule has 0 atom stereocenters. The number of phenols is 1. The van der Waals surface area contributed by atoms with Crippen molar-refractivity contribution in [3.63, 3.8) is 0 Å². The van der Waals surface area contributed by atoms with Gasteiger partial charge in [-0.05, 0) is 25.0 Å². The van der Waals surface area contributed by atoms with Gasteiger partial charge in [0.2, 0.25) is 0 Å². The van der Waals surface area contributed by atoms with Crippen molar-refractivity contribution in [2.75, 3.05) is 18.1 Å². The molecule has 1 aromatic carbocycles. The summed E-state index contributed by atoms with van der Waals surface area (Å²) in [4.78, 5) is 24.8. The van der Waals surface area contributed by atoms with Crippen molar-refractivity contribution >= 4 is 17.7 Å². The molecule has 1 amide bonds. The van der Waals surface area contributed by atoms with Crippen LogP contribution < -0.4 is 4.90 Å². The Morgan fingerprint density at radius 2 is 1.72 bits per heavy atom. The number of carbonyl (C=O) groups is 2. The number of hydrogen-bond acceptors (Lipinski definition) is 4. The van der Waals surface area contributed by atoms with E-state index in [1.54, 1.807) is 0 Å². The van der Waals surface area contributed by atoms with Crippen LogP contribution in [0.2, 0.25) is 0 Å². The molecule has 25 heavy (non-hydrogen) atoms. The lowest BCUT2D eigenvalue weighted by molar-refractivity contribution is 0.0693. The molecular formula is C19H29NO5. The van der Waals surface area contributed by atoms with E-state index in [0.29, 0.717) is 18.8 Å². The number of amides is 1. The molecule has 0 radical (unpaired) electrons. The van der Waals surface area contributed by atoms with E-state index in [2.05, 4.69) is 6.92 Å². The van der Waals surface area contributed by atoms with E-state index in [9.17, 15) is 14.7 Å². The monoisotopic (exact) mass is 351 g/mol. The molecule has 0 aromatic heterocycles. The van der Waals surface area contributed by atoms with Crippen LogP contribution in [0.5, 0.6) is 5.75 Å². The first-order chi connectivity index (χ1) is 12.0. The van der Waals surface area contributed by atoms with Crippen LogP contribution in [0.25, 0.3) is 0 Å². The van der Waals surface area contributed by atoms with E-state index in [1.807, 2.05) is 6.92 Å². The van der Waals surface area contributed by atoms with E-state index >= 15 is 0 Å². The largest absolute Gasteiger partial charge is 0.507 e. The van der Waals surface area contributed by atoms with Gasteiger partial charge in [0.05, 0.1) is 12.3 Å². The van der Waals surface area contributed by atoms with Crippen molar-refractivity contribution in [1.29, 1.82) is 0 Å². The van der Waals surface area contributed by atoms with Crippen LogP contribution in [0, 0.1) is 0 Å². The number of carboxylic acid groups (broad SMARTS) is 1. The van der Waals surface area contributed by atoms with Crippen molar-refractivity contribution in [3.8, 4) is 5.75 Å². The number of carboxylic acids is 1. The summed E-state index contributed by atoms with van der Waals surface area (Å²) in [7, 11) is 0. The summed E-state index contributed by atoms with van der Waals surface area (Å²) in [5.74, 6) is -1.57. The van der Waals surface area contributed by atoms with Gasteiger partial charge < -0.3 is 14.9 Å². The highest BCUT2D eigenvalue weighted by molar-refractivity contribution is 5.93. The molecule has 0 fully saturated rings. The third-order valence-electron chi connectivity index (χ3n) is 3.95. The molecule has 6 heteroatoms. The van der Waals surface area contributed by atoms with Crippen molar-refractivity contribution in [3.05, 3.63) is 23.8 Å². The zero-order chi connectivity index (χ0) is 18.7. The molecule has 0 aliphatic rings. The van der Waals surface area contributed by atoms with Crippen LogP contribution in [0.1, 0.15) is 69.2 Å². The summed E-state index contributed by atoms with van der Waals surface area (Å²) in [6, 6.07) is 4.10. The van der Waals surface area contributed by atoms with Crippen molar-refractivity contribution < 1.29 is 24.5 Å². The SMILES string of the molecule is CCCCCCCOC(=O)N(CCCC)c1ccc(C(=O)O)c(O)c1. The minimum Gasteiger partial charge on any atom is -0.507 e. The smallest absolute Gasteiger partial charge is 0.414 e. The second kappa shape index (κ2) is 11.3. The molecule has 0 aliphatic carbocycles. The van der Waals surface area contributed by atoms with Gasteiger partial charge in [-0.25, -0.2) is 9.59 Å². The molecule has 1 rings (SSSR count). The van der Waals surface area contributed by atoms with Crippen LogP contribution in [0.15, 0.2) is 18.2 Å². The van der Waals surface area contributed by atoms with Gasteiger partial charge in [0.15, 0.2) is 0 Å². The minimum absolute atomic E-state index is 0.191. The number of nitrogens with zero attached hydrogens (tertiary/aromatic N) is 1. The van der Waals surface area contributed by atoms with Crippen LogP contribution in [0.3, 0.4) is 0 Å². The van der Waals surface area contributed by atoms with Crippen LogP contribution in [-0.4, -0.2) is 35.4 Å². The molecule has 140 valence electrons. The predicted octanol–water partition coefficient (Wildman–Crippen LogP) is 4.80. The molecule has 6 nitrogen and oxygen atoms in total. The number of carbonyl (C=O) groups excluding carboxylic acids is 1. The first-order valence-electron chi connectivity index (χ1n) is 9.01. The molecule has 0 saturated carbocycles. The standard InChI is InChI=1S/C19H29NO5/c1-3-5-7-8-9-13-25-19(24)20(12-6-4-2)15-10-11-16(18(22)23)17(21)14-15/h10-11,14,21H,3-9,12-13H2,1-2H3,(H,22,23). The Morgan fingerprint density at radius 1 is 1.04 bits per heavy atom. The van der Waals surface area contributed by atoms with Crippen molar-refractivity contribution in [1.82, 2.24) is 0 Å². The number of anilines is 1. The van der Waals surface area contributed by atoms with E-state index in [0.717, 1.165) is 32.1 Å². The number of aromatic hydroxyl groups is 1. The summed E-state index contributed by atoms with van der Waals surface area (Å²) in [6.45, 7) is 4.99. The maximum absolute atomic E-state index is 12.4. The average Bonchev–Trinajstić information content (AvgIpc) is 2.58. The lowest BCUT2D eigenvalue weighted by atomic mass is 10.1. The van der Waals surface area contributed by atoms with Gasteiger partial charge >= 0.3 is 12.1 Å². The molecule has 0 saturated heterocycles. The Kier molecular flexibility index (Phi) is 9.43. The second-order valence-corrected chi connectivity index (χ2v) is 6.04. The highest BCUT2D eigenvalue weighted by Gasteiger charge is 2.19. The summed E-state index contributed by atoms with van der Waals surface area (Å²) >= 11 is 0. The maximum Gasteiger partial charge on any atom is 0.414 e. The van der Waals surface area contributed by atoms with E-state index in [4.69, 9.17) is 9.84 Å². The van der Waals surface area contributed by atoms with Gasteiger partial charge in [0.25, 0.3) is 0 Å². The predicted molar refractivity (Wildman–Crippen MR) is 97.4 cm³/mol. The first kappa shape index (κ1) is 20.8. The Labute approximate surface area is 149 Å². The van der Waals surface area contributed by atoms with Crippen LogP contribution >= 0.6 is 0 Å². The number of benzene rings is 1. The minimum atomic E-state index is -1.21. The Balaban J connectivity index is 2.71. The van der Waals surface area contributed by atoms with E-state index < -0.39 is 12.1 Å². The van der Waals surface area contributed by atoms with Crippen LogP contribution in [0.4, 0.5) is 10.5 Å². The molecule has 0 bridgehead atoms. The van der Waals surface area contributed by atoms with Gasteiger partial charge in [-0.15, -0.1) is 0 Å². The summed E-state index contributed by atoms with van der Waals surface area (Å²) in [6.07, 6.45) is 6.57. The number of aromatic carboxylic acids is 1. The first-order valence-corrected chi connectivity index (χ1v) is 9.01. The zero-order valence-electron chi connectivity index (χ0n) is 15.2. The van der Waals surface area contributed by atoms with Gasteiger partial charge in [0, 0.05) is 12.6 Å². The summed E-state index contributed by atoms with van der Waals surface area (Å²) < 4.78 is 5.34. The maximum atomic E-state index is 12.4. The molecule has 2 N–H and O–H groups in total. The van der Waals surface area contributed by atoms with E-state index in [-0.39, 0.29) is 11.3 Å². The topological polar surface area (TPSA) is 87.1 Å². The molecule has 0 spiro atoms. The lowest BCUT2D eigenvalue weighted by Crippen LogP contribution is -2.32. The number of ether oxygens (including phenoxy) is 1. The molecule has 0 heterocycles. The quantitative estimate of drug-likeness (QED) is 0.559. The Hall–Kier alpha value is -2.24. The highest BCUT2D eigenvalue weighted by atomic mass is 16.6. The summed E-state index contributed by atoms with van der Waals surface area (Å²) in [5, 5.41) is 18.8. The normalized spacial score (nSPS) is 10.5. The lowest BCUT2D eigenvalue weighted by Gasteiger charge is -2.22. The number of hydrogen-bond donors (Lipinski definition) is 2. The summed E-state index contributed by atoms with van der Waals surface area (Å²) in [5.41, 5.74) is 0.246. The Morgan fingerprint density at radius 3 is 2.32 bits per heavy atom. The molecular weight excluding hydrogens is 322 g/mol. The number of unbranched alkanes of at least 4 members (excludes halogenated alkanes) is 5. The fourth-order valence-electron chi connectivity index (χ4n) is 2.45. The highest BCUT2D eigenvalue weighted by Crippen LogP contribution is 2.25. The van der Waals surface area contributed by atoms with Crippen molar-refractivity contribution in [2.24, 2.45) is 0 Å². The molecule has 1 aromatic rings. The van der Waals surface area contributed by atoms with Crippen LogP contribution in [-0.2, 0) is 4.74 Å². The zero-order valence-corrected chi connectivity index (χ0v) is 15.2.